The Kier molecular flexibility index (Phi) is 5.07. The van der Waals surface area contributed by atoms with E-state index in [0.29, 0.717) is 10.8 Å². The van der Waals surface area contributed by atoms with Gasteiger partial charge in [0.15, 0.2) is 12.7 Å². The van der Waals surface area contributed by atoms with Crippen LogP contribution in [0.3, 0.4) is 0 Å². The summed E-state index contributed by atoms with van der Waals surface area (Å²) >= 11 is 5.84. The van der Waals surface area contributed by atoms with Crippen LogP contribution in [0.2, 0.25) is 5.02 Å². The van der Waals surface area contributed by atoms with Crippen molar-refractivity contribution in [1.29, 1.82) is 0 Å². The van der Waals surface area contributed by atoms with Crippen LogP contribution in [0.4, 0.5) is 0 Å². The van der Waals surface area contributed by atoms with Gasteiger partial charge in [0.25, 0.3) is 5.91 Å². The van der Waals surface area contributed by atoms with Gasteiger partial charge in [-0.3, -0.25) is 4.79 Å². The smallest absolute Gasteiger partial charge is 0.344 e. The fourth-order valence-corrected chi connectivity index (χ4v) is 1.97. The molecule has 1 fully saturated rings. The molecule has 0 aliphatic heterocycles. The lowest BCUT2D eigenvalue weighted by molar-refractivity contribution is -0.156. The molecule has 0 heterocycles. The molecule has 1 aromatic rings. The predicted octanol–water partition coefficient (Wildman–Crippen LogP) is 2.24. The molecule has 0 unspecified atom stereocenters. The van der Waals surface area contributed by atoms with E-state index in [2.05, 4.69) is 5.32 Å². The first-order valence-corrected chi connectivity index (χ1v) is 7.22. The van der Waals surface area contributed by atoms with Crippen molar-refractivity contribution in [2.75, 3.05) is 6.61 Å². The highest BCUT2D eigenvalue weighted by Crippen LogP contribution is 2.22. The molecule has 1 aromatic carbocycles. The van der Waals surface area contributed by atoms with Gasteiger partial charge in [-0.05, 0) is 50.5 Å². The summed E-state index contributed by atoms with van der Waals surface area (Å²) in [5, 5.41) is 3.38. The Morgan fingerprint density at radius 2 is 2.14 bits per heavy atom. The molecule has 1 saturated carbocycles. The number of hydrogen-bond acceptors (Lipinski definition) is 4. The highest BCUT2D eigenvalue weighted by atomic mass is 35.5. The summed E-state index contributed by atoms with van der Waals surface area (Å²) in [5.41, 5.74) is 0.829. The van der Waals surface area contributed by atoms with E-state index in [1.54, 1.807) is 25.1 Å². The lowest BCUT2D eigenvalue weighted by atomic mass is 10.2. The van der Waals surface area contributed by atoms with Gasteiger partial charge >= 0.3 is 5.97 Å². The monoisotopic (exact) mass is 311 g/mol. The molecule has 0 bridgehead atoms. The van der Waals surface area contributed by atoms with Crippen molar-refractivity contribution in [3.63, 3.8) is 0 Å². The van der Waals surface area contributed by atoms with Crippen LogP contribution >= 0.6 is 11.6 Å². The molecule has 0 aromatic heterocycles. The Balaban J connectivity index is 1.77. The number of esters is 1. The van der Waals surface area contributed by atoms with Crippen molar-refractivity contribution in [1.82, 2.24) is 5.32 Å². The van der Waals surface area contributed by atoms with Crippen LogP contribution in [-0.2, 0) is 14.3 Å². The minimum Gasteiger partial charge on any atom is -0.482 e. The molecular formula is C15H18ClNO4. The van der Waals surface area contributed by atoms with Crippen LogP contribution in [0.1, 0.15) is 25.3 Å². The number of hydrogen-bond donors (Lipinski definition) is 1. The summed E-state index contributed by atoms with van der Waals surface area (Å²) in [5.74, 6) is -0.289. The van der Waals surface area contributed by atoms with Crippen LogP contribution in [0, 0.1) is 6.92 Å². The average molecular weight is 312 g/mol. The van der Waals surface area contributed by atoms with Gasteiger partial charge < -0.3 is 14.8 Å². The fourth-order valence-electron chi connectivity index (χ4n) is 1.74. The molecule has 1 N–H and O–H groups in total. The molecule has 1 aliphatic rings. The van der Waals surface area contributed by atoms with Gasteiger partial charge in [-0.25, -0.2) is 4.79 Å². The minimum atomic E-state index is -0.812. The first kappa shape index (κ1) is 15.6. The van der Waals surface area contributed by atoms with E-state index >= 15 is 0 Å². The zero-order valence-corrected chi connectivity index (χ0v) is 12.8. The molecule has 5 nitrogen and oxygen atoms in total. The zero-order chi connectivity index (χ0) is 15.4. The van der Waals surface area contributed by atoms with Gasteiger partial charge in [-0.15, -0.1) is 0 Å². The van der Waals surface area contributed by atoms with Gasteiger partial charge in [-0.1, -0.05) is 11.6 Å². The SMILES string of the molecule is Cc1cc(Cl)ccc1OCC(=O)O[C@@H](C)C(=O)NC1CC1. The van der Waals surface area contributed by atoms with E-state index in [9.17, 15) is 9.59 Å². The number of carbonyl (C=O) groups excluding carboxylic acids is 2. The molecule has 0 spiro atoms. The molecule has 6 heteroatoms. The molecule has 2 rings (SSSR count). The Hall–Kier alpha value is -1.75. The zero-order valence-electron chi connectivity index (χ0n) is 12.0. The summed E-state index contributed by atoms with van der Waals surface area (Å²) in [6, 6.07) is 5.36. The third-order valence-corrected chi connectivity index (χ3v) is 3.32. The first-order chi connectivity index (χ1) is 9.95. The number of ether oxygens (including phenoxy) is 2. The largest absolute Gasteiger partial charge is 0.482 e. The van der Waals surface area contributed by atoms with Gasteiger partial charge in [0.05, 0.1) is 0 Å². The lowest BCUT2D eigenvalue weighted by Gasteiger charge is -2.14. The van der Waals surface area contributed by atoms with Crippen molar-refractivity contribution in [3.8, 4) is 5.75 Å². The number of aryl methyl sites for hydroxylation is 1. The average Bonchev–Trinajstić information content (AvgIpc) is 3.21. The molecule has 1 atom stereocenters. The number of carbonyl (C=O) groups is 2. The van der Waals surface area contributed by atoms with Gasteiger partial charge in [0.1, 0.15) is 5.75 Å². The van der Waals surface area contributed by atoms with Crippen molar-refractivity contribution in [2.24, 2.45) is 0 Å². The third-order valence-electron chi connectivity index (χ3n) is 3.08. The maximum absolute atomic E-state index is 11.7. The van der Waals surface area contributed by atoms with E-state index in [-0.39, 0.29) is 18.6 Å². The number of nitrogens with one attached hydrogen (secondary N) is 1. The molecule has 114 valence electrons. The van der Waals surface area contributed by atoms with Crippen LogP contribution in [0.5, 0.6) is 5.75 Å². The maximum Gasteiger partial charge on any atom is 0.344 e. The molecular weight excluding hydrogens is 294 g/mol. The van der Waals surface area contributed by atoms with Crippen LogP contribution in [0.15, 0.2) is 18.2 Å². The fraction of sp³-hybridized carbons (Fsp3) is 0.467. The summed E-state index contributed by atoms with van der Waals surface area (Å²) < 4.78 is 10.4. The number of amides is 1. The Bertz CT molecular complexity index is 542. The summed E-state index contributed by atoms with van der Waals surface area (Å²) in [4.78, 5) is 23.3. The van der Waals surface area contributed by atoms with Crippen LogP contribution in [-0.4, -0.2) is 30.6 Å². The van der Waals surface area contributed by atoms with E-state index in [0.717, 1.165) is 18.4 Å². The van der Waals surface area contributed by atoms with Crippen LogP contribution in [0.25, 0.3) is 0 Å². The minimum absolute atomic E-state index is 0.242. The first-order valence-electron chi connectivity index (χ1n) is 6.84. The number of halogens is 1. The van der Waals surface area contributed by atoms with E-state index in [1.807, 2.05) is 6.92 Å². The van der Waals surface area contributed by atoms with E-state index < -0.39 is 12.1 Å². The van der Waals surface area contributed by atoms with Crippen molar-refractivity contribution in [3.05, 3.63) is 28.8 Å². The quantitative estimate of drug-likeness (QED) is 0.818. The maximum atomic E-state index is 11.7. The topological polar surface area (TPSA) is 64.6 Å². The Labute approximate surface area is 128 Å². The lowest BCUT2D eigenvalue weighted by Crippen LogP contribution is -2.37. The van der Waals surface area contributed by atoms with E-state index in [1.165, 1.54) is 0 Å². The Morgan fingerprint density at radius 3 is 2.76 bits per heavy atom. The van der Waals surface area contributed by atoms with Gasteiger partial charge in [-0.2, -0.15) is 0 Å². The van der Waals surface area contributed by atoms with Crippen LogP contribution < -0.4 is 10.1 Å². The molecule has 0 saturated heterocycles. The predicted molar refractivity (Wildman–Crippen MR) is 78.4 cm³/mol. The molecule has 1 aliphatic carbocycles. The van der Waals surface area contributed by atoms with Gasteiger partial charge in [0.2, 0.25) is 0 Å². The summed E-state index contributed by atoms with van der Waals surface area (Å²) in [6.07, 6.45) is 1.17. The molecule has 0 radical (unpaired) electrons. The Morgan fingerprint density at radius 1 is 1.43 bits per heavy atom. The third kappa shape index (κ3) is 4.93. The second kappa shape index (κ2) is 6.80. The normalized spacial score (nSPS) is 15.2. The van der Waals surface area contributed by atoms with Crippen molar-refractivity contribution < 1.29 is 19.1 Å². The van der Waals surface area contributed by atoms with E-state index in [4.69, 9.17) is 21.1 Å². The second-order valence-electron chi connectivity index (χ2n) is 5.11. The highest BCUT2D eigenvalue weighted by molar-refractivity contribution is 6.30. The second-order valence-corrected chi connectivity index (χ2v) is 5.55. The number of benzene rings is 1. The van der Waals surface area contributed by atoms with Crippen molar-refractivity contribution >= 4 is 23.5 Å². The summed E-state index contributed by atoms with van der Waals surface area (Å²) in [6.45, 7) is 3.13. The highest BCUT2D eigenvalue weighted by Gasteiger charge is 2.27. The summed E-state index contributed by atoms with van der Waals surface area (Å²) in [7, 11) is 0. The molecule has 21 heavy (non-hydrogen) atoms. The van der Waals surface area contributed by atoms with Crippen molar-refractivity contribution in [2.45, 2.75) is 38.8 Å². The standard InChI is InChI=1S/C15H18ClNO4/c1-9-7-11(16)3-6-13(9)20-8-14(18)21-10(2)15(19)17-12-4-5-12/h3,6-7,10,12H,4-5,8H2,1-2H3,(H,17,19)/t10-/m0/s1. The number of rotatable bonds is 6. The molecule has 1 amide bonds. The van der Waals surface area contributed by atoms with Gasteiger partial charge in [0, 0.05) is 11.1 Å².